The quantitative estimate of drug-likeness (QED) is 0.793. The van der Waals surface area contributed by atoms with Crippen molar-refractivity contribution in [3.63, 3.8) is 0 Å². The maximum atomic E-state index is 12.2. The molecule has 0 N–H and O–H groups in total. The van der Waals surface area contributed by atoms with Crippen LogP contribution in [-0.4, -0.2) is 66.4 Å². The summed E-state index contributed by atoms with van der Waals surface area (Å²) in [5.41, 5.74) is 2.33. The summed E-state index contributed by atoms with van der Waals surface area (Å²) in [5.74, 6) is 0.540. The SMILES string of the molecule is COCCC(=O)N1CCCC(c2cc(CN(C)C)n(C)n2)C1. The van der Waals surface area contributed by atoms with Crippen LogP contribution < -0.4 is 0 Å². The van der Waals surface area contributed by atoms with Crippen LogP contribution in [0.1, 0.15) is 36.6 Å². The van der Waals surface area contributed by atoms with Gasteiger partial charge in [0.2, 0.25) is 5.91 Å². The van der Waals surface area contributed by atoms with Crippen molar-refractivity contribution >= 4 is 5.91 Å². The minimum Gasteiger partial charge on any atom is -0.384 e. The van der Waals surface area contributed by atoms with E-state index in [-0.39, 0.29) is 5.91 Å². The maximum Gasteiger partial charge on any atom is 0.224 e. The Morgan fingerprint density at radius 2 is 2.27 bits per heavy atom. The van der Waals surface area contributed by atoms with Crippen molar-refractivity contribution in [1.82, 2.24) is 19.6 Å². The number of nitrogens with zero attached hydrogens (tertiary/aromatic N) is 4. The van der Waals surface area contributed by atoms with E-state index in [0.29, 0.717) is 18.9 Å². The molecule has 22 heavy (non-hydrogen) atoms. The molecule has 1 saturated heterocycles. The summed E-state index contributed by atoms with van der Waals surface area (Å²) in [6.07, 6.45) is 2.62. The molecule has 2 heterocycles. The summed E-state index contributed by atoms with van der Waals surface area (Å²) in [6, 6.07) is 2.19. The fourth-order valence-corrected chi connectivity index (χ4v) is 2.99. The van der Waals surface area contributed by atoms with Gasteiger partial charge < -0.3 is 14.5 Å². The highest BCUT2D eigenvalue weighted by molar-refractivity contribution is 5.76. The standard InChI is InChI=1S/C16H28N4O2/c1-18(2)12-14-10-15(17-19(14)3)13-6-5-8-20(11-13)16(21)7-9-22-4/h10,13H,5-9,11-12H2,1-4H3. The van der Waals surface area contributed by atoms with Crippen molar-refractivity contribution in [2.24, 2.45) is 7.05 Å². The number of amides is 1. The predicted molar refractivity (Wildman–Crippen MR) is 85.6 cm³/mol. The number of hydrogen-bond acceptors (Lipinski definition) is 4. The fraction of sp³-hybridized carbons (Fsp3) is 0.750. The highest BCUT2D eigenvalue weighted by atomic mass is 16.5. The first-order valence-electron chi connectivity index (χ1n) is 7.95. The van der Waals surface area contributed by atoms with Gasteiger partial charge in [0.1, 0.15) is 0 Å². The summed E-state index contributed by atoms with van der Waals surface area (Å²) >= 11 is 0. The van der Waals surface area contributed by atoms with Crippen LogP contribution in [-0.2, 0) is 23.1 Å². The number of carbonyl (C=O) groups is 1. The van der Waals surface area contributed by atoms with Gasteiger partial charge in [0.05, 0.1) is 24.4 Å². The van der Waals surface area contributed by atoms with Crippen LogP contribution in [0.3, 0.4) is 0 Å². The zero-order valence-electron chi connectivity index (χ0n) is 14.2. The lowest BCUT2D eigenvalue weighted by atomic mass is 9.94. The van der Waals surface area contributed by atoms with E-state index in [1.54, 1.807) is 7.11 Å². The molecule has 1 atom stereocenters. The van der Waals surface area contributed by atoms with Crippen molar-refractivity contribution in [3.05, 3.63) is 17.5 Å². The van der Waals surface area contributed by atoms with E-state index in [0.717, 1.165) is 38.2 Å². The smallest absolute Gasteiger partial charge is 0.224 e. The van der Waals surface area contributed by atoms with E-state index in [4.69, 9.17) is 4.74 Å². The van der Waals surface area contributed by atoms with Gasteiger partial charge in [-0.25, -0.2) is 0 Å². The van der Waals surface area contributed by atoms with Gasteiger partial charge in [-0.15, -0.1) is 0 Å². The van der Waals surface area contributed by atoms with Crippen LogP contribution in [0.2, 0.25) is 0 Å². The van der Waals surface area contributed by atoms with Crippen LogP contribution in [0.4, 0.5) is 0 Å². The third kappa shape index (κ3) is 4.30. The van der Waals surface area contributed by atoms with Crippen LogP contribution >= 0.6 is 0 Å². The Labute approximate surface area is 133 Å². The second kappa shape index (κ2) is 7.74. The molecule has 1 unspecified atom stereocenters. The van der Waals surface area contributed by atoms with Crippen molar-refractivity contribution in [2.75, 3.05) is 40.9 Å². The summed E-state index contributed by atoms with van der Waals surface area (Å²) in [5, 5.41) is 4.67. The van der Waals surface area contributed by atoms with Crippen LogP contribution in [0, 0.1) is 0 Å². The summed E-state index contributed by atoms with van der Waals surface area (Å²) < 4.78 is 6.96. The maximum absolute atomic E-state index is 12.2. The van der Waals surface area contributed by atoms with Gasteiger partial charge in [-0.2, -0.15) is 5.10 Å². The molecule has 6 nitrogen and oxygen atoms in total. The molecule has 0 aliphatic carbocycles. The molecule has 0 aromatic carbocycles. The molecule has 0 spiro atoms. The average molecular weight is 308 g/mol. The number of hydrogen-bond donors (Lipinski definition) is 0. The van der Waals surface area contributed by atoms with E-state index in [1.165, 1.54) is 5.69 Å². The lowest BCUT2D eigenvalue weighted by Gasteiger charge is -2.32. The fourth-order valence-electron chi connectivity index (χ4n) is 2.99. The zero-order valence-corrected chi connectivity index (χ0v) is 14.2. The molecule has 6 heteroatoms. The summed E-state index contributed by atoms with van der Waals surface area (Å²) in [7, 11) is 7.74. The lowest BCUT2D eigenvalue weighted by molar-refractivity contribution is -0.133. The third-order valence-corrected chi connectivity index (χ3v) is 4.19. The third-order valence-electron chi connectivity index (χ3n) is 4.19. The van der Waals surface area contributed by atoms with Crippen molar-refractivity contribution < 1.29 is 9.53 Å². The minimum absolute atomic E-state index is 0.191. The highest BCUT2D eigenvalue weighted by Crippen LogP contribution is 2.27. The van der Waals surface area contributed by atoms with E-state index in [1.807, 2.05) is 16.6 Å². The number of ether oxygens (including phenoxy) is 1. The number of rotatable bonds is 6. The molecular weight excluding hydrogens is 280 g/mol. The number of aromatic nitrogens is 2. The number of likely N-dealkylation sites (tertiary alicyclic amines) is 1. The Morgan fingerprint density at radius 3 is 2.95 bits per heavy atom. The Morgan fingerprint density at radius 1 is 1.50 bits per heavy atom. The van der Waals surface area contributed by atoms with Gasteiger partial charge >= 0.3 is 0 Å². The molecule has 1 amide bonds. The average Bonchev–Trinajstić information content (AvgIpc) is 2.85. The van der Waals surface area contributed by atoms with E-state index in [9.17, 15) is 4.79 Å². The molecule has 2 rings (SSSR count). The van der Waals surface area contributed by atoms with Crippen LogP contribution in [0.25, 0.3) is 0 Å². The molecule has 1 aliphatic rings. The monoisotopic (exact) mass is 308 g/mol. The molecule has 1 fully saturated rings. The molecule has 1 aromatic rings. The molecule has 0 bridgehead atoms. The first-order chi connectivity index (χ1) is 10.5. The van der Waals surface area contributed by atoms with E-state index >= 15 is 0 Å². The van der Waals surface area contributed by atoms with Gasteiger partial charge in [-0.3, -0.25) is 9.48 Å². The second-order valence-electron chi connectivity index (χ2n) is 6.34. The Balaban J connectivity index is 2.01. The Hall–Kier alpha value is -1.40. The highest BCUT2D eigenvalue weighted by Gasteiger charge is 2.26. The topological polar surface area (TPSA) is 50.6 Å². The van der Waals surface area contributed by atoms with Gasteiger partial charge in [0.25, 0.3) is 0 Å². The normalized spacial score (nSPS) is 19.0. The summed E-state index contributed by atoms with van der Waals surface area (Å²) in [6.45, 7) is 3.01. The number of aryl methyl sites for hydroxylation is 1. The Bertz CT molecular complexity index is 498. The molecule has 1 aliphatic heterocycles. The molecular formula is C16H28N4O2. The number of carbonyl (C=O) groups excluding carboxylic acids is 1. The van der Waals surface area contributed by atoms with Gasteiger partial charge in [-0.05, 0) is 33.0 Å². The van der Waals surface area contributed by atoms with Gasteiger partial charge in [0.15, 0.2) is 0 Å². The first-order valence-corrected chi connectivity index (χ1v) is 7.95. The molecule has 124 valence electrons. The minimum atomic E-state index is 0.191. The van der Waals surface area contributed by atoms with Gasteiger partial charge in [0, 0.05) is 39.7 Å². The first kappa shape index (κ1) is 17.0. The van der Waals surface area contributed by atoms with E-state index < -0.39 is 0 Å². The molecule has 1 aromatic heterocycles. The molecule has 0 radical (unpaired) electrons. The van der Waals surface area contributed by atoms with E-state index in [2.05, 4.69) is 30.2 Å². The van der Waals surface area contributed by atoms with Crippen molar-refractivity contribution in [2.45, 2.75) is 31.7 Å². The number of methoxy groups -OCH3 is 1. The largest absolute Gasteiger partial charge is 0.384 e. The van der Waals surface area contributed by atoms with Crippen LogP contribution in [0.15, 0.2) is 6.07 Å². The summed E-state index contributed by atoms with van der Waals surface area (Å²) in [4.78, 5) is 16.3. The van der Waals surface area contributed by atoms with Gasteiger partial charge in [-0.1, -0.05) is 0 Å². The number of piperidine rings is 1. The Kier molecular flexibility index (Phi) is 5.97. The second-order valence-corrected chi connectivity index (χ2v) is 6.34. The molecule has 0 saturated carbocycles. The zero-order chi connectivity index (χ0) is 16.1. The van der Waals surface area contributed by atoms with Crippen molar-refractivity contribution in [3.8, 4) is 0 Å². The lowest BCUT2D eigenvalue weighted by Crippen LogP contribution is -2.39. The van der Waals surface area contributed by atoms with Crippen molar-refractivity contribution in [1.29, 1.82) is 0 Å². The van der Waals surface area contributed by atoms with Crippen LogP contribution in [0.5, 0.6) is 0 Å². The predicted octanol–water partition coefficient (Wildman–Crippen LogP) is 1.22.